The van der Waals surface area contributed by atoms with Crippen molar-refractivity contribution in [2.75, 3.05) is 18.3 Å². The van der Waals surface area contributed by atoms with Crippen LogP contribution in [0.5, 0.6) is 17.2 Å². The standard InChI is InChI=1S/C23H24N4O5S/c1-2-3-10-30-17-7-5-16(6-8-17)27-21(28)12-20(22(27)29)33-23(24)26-25-13-15-4-9-18-19(11-15)32-14-31-18/h4-9,11,13,20H,2-3,10,12,14H2,1H3,(H2,24,26)/b25-13-/t20-/m0/s1. The summed E-state index contributed by atoms with van der Waals surface area (Å²) in [7, 11) is 0. The minimum absolute atomic E-state index is 0.0420. The average molecular weight is 469 g/mol. The molecule has 0 radical (unpaired) electrons. The summed E-state index contributed by atoms with van der Waals surface area (Å²) >= 11 is 1.02. The van der Waals surface area contributed by atoms with Crippen molar-refractivity contribution in [3.8, 4) is 17.2 Å². The number of amides is 2. The Balaban J connectivity index is 1.35. The second kappa shape index (κ2) is 10.4. The van der Waals surface area contributed by atoms with Gasteiger partial charge in [0.2, 0.25) is 18.6 Å². The fourth-order valence-electron chi connectivity index (χ4n) is 3.31. The van der Waals surface area contributed by atoms with Crippen LogP contribution >= 0.6 is 11.8 Å². The van der Waals surface area contributed by atoms with Gasteiger partial charge in [-0.3, -0.25) is 9.59 Å². The number of thioether (sulfide) groups is 1. The first-order valence-corrected chi connectivity index (χ1v) is 11.5. The van der Waals surface area contributed by atoms with Crippen LogP contribution in [0.25, 0.3) is 0 Å². The first-order chi connectivity index (χ1) is 16.0. The molecule has 0 bridgehead atoms. The minimum Gasteiger partial charge on any atom is -0.494 e. The molecular weight excluding hydrogens is 444 g/mol. The second-order valence-corrected chi connectivity index (χ2v) is 8.59. The monoisotopic (exact) mass is 468 g/mol. The summed E-state index contributed by atoms with van der Waals surface area (Å²) in [6.45, 7) is 2.92. The van der Waals surface area contributed by atoms with Crippen LogP contribution in [0.15, 0.2) is 52.7 Å². The lowest BCUT2D eigenvalue weighted by atomic mass is 10.2. The van der Waals surface area contributed by atoms with Crippen LogP contribution in [-0.4, -0.2) is 41.8 Å². The number of hydrogen-bond donors (Lipinski definition) is 1. The van der Waals surface area contributed by atoms with Gasteiger partial charge in [-0.25, -0.2) is 4.90 Å². The van der Waals surface area contributed by atoms with Crippen LogP contribution in [0.4, 0.5) is 5.69 Å². The molecule has 2 aromatic rings. The van der Waals surface area contributed by atoms with Gasteiger partial charge in [0.15, 0.2) is 16.7 Å². The molecule has 2 aromatic carbocycles. The predicted octanol–water partition coefficient (Wildman–Crippen LogP) is 3.31. The highest BCUT2D eigenvalue weighted by Gasteiger charge is 2.40. The van der Waals surface area contributed by atoms with E-state index in [1.165, 1.54) is 11.1 Å². The molecule has 0 spiro atoms. The number of hydrogen-bond acceptors (Lipinski definition) is 8. The average Bonchev–Trinajstić information content (AvgIpc) is 3.38. The van der Waals surface area contributed by atoms with Crippen LogP contribution in [0.1, 0.15) is 31.7 Å². The lowest BCUT2D eigenvalue weighted by molar-refractivity contribution is -0.121. The van der Waals surface area contributed by atoms with Gasteiger partial charge in [-0.2, -0.15) is 5.10 Å². The highest BCUT2D eigenvalue weighted by Crippen LogP contribution is 2.32. The van der Waals surface area contributed by atoms with Gasteiger partial charge < -0.3 is 19.9 Å². The van der Waals surface area contributed by atoms with E-state index >= 15 is 0 Å². The first kappa shape index (κ1) is 22.7. The Morgan fingerprint density at radius 1 is 1.21 bits per heavy atom. The number of anilines is 1. The summed E-state index contributed by atoms with van der Waals surface area (Å²) in [5.74, 6) is 1.41. The third-order valence-electron chi connectivity index (χ3n) is 4.99. The number of nitrogens with two attached hydrogens (primary N) is 1. The number of unbranched alkanes of at least 4 members (excludes halogenated alkanes) is 1. The van der Waals surface area contributed by atoms with Crippen LogP contribution in [0, 0.1) is 0 Å². The lowest BCUT2D eigenvalue weighted by Crippen LogP contribution is -2.31. The van der Waals surface area contributed by atoms with Crippen LogP contribution in [0.2, 0.25) is 0 Å². The topological polar surface area (TPSA) is 116 Å². The molecule has 0 aliphatic carbocycles. The van der Waals surface area contributed by atoms with Gasteiger partial charge in [0.05, 0.1) is 18.5 Å². The van der Waals surface area contributed by atoms with Gasteiger partial charge >= 0.3 is 0 Å². The van der Waals surface area contributed by atoms with E-state index in [-0.39, 0.29) is 30.2 Å². The molecule has 2 aliphatic rings. The quantitative estimate of drug-likeness (QED) is 0.208. The molecule has 1 fully saturated rings. The Morgan fingerprint density at radius 2 is 2.00 bits per heavy atom. The van der Waals surface area contributed by atoms with Crippen molar-refractivity contribution in [3.05, 3.63) is 48.0 Å². The summed E-state index contributed by atoms with van der Waals surface area (Å²) in [5.41, 5.74) is 7.21. The molecule has 2 N–H and O–H groups in total. The predicted molar refractivity (Wildman–Crippen MR) is 127 cm³/mol. The van der Waals surface area contributed by atoms with Gasteiger partial charge in [-0.15, -0.1) is 5.10 Å². The number of carbonyl (C=O) groups is 2. The van der Waals surface area contributed by atoms with Crippen molar-refractivity contribution in [1.82, 2.24) is 0 Å². The number of rotatable bonds is 8. The summed E-state index contributed by atoms with van der Waals surface area (Å²) < 4.78 is 16.2. The van der Waals surface area contributed by atoms with Gasteiger partial charge in [0.1, 0.15) is 11.0 Å². The first-order valence-electron chi connectivity index (χ1n) is 10.6. The van der Waals surface area contributed by atoms with Crippen molar-refractivity contribution < 1.29 is 23.8 Å². The number of carbonyl (C=O) groups excluding carboxylic acids is 2. The molecule has 4 rings (SSSR count). The number of benzene rings is 2. The van der Waals surface area contributed by atoms with Gasteiger partial charge in [-0.1, -0.05) is 25.1 Å². The summed E-state index contributed by atoms with van der Waals surface area (Å²) in [6.07, 6.45) is 3.57. The smallest absolute Gasteiger partial charge is 0.247 e. The Morgan fingerprint density at radius 3 is 2.79 bits per heavy atom. The zero-order valence-electron chi connectivity index (χ0n) is 18.1. The number of amidine groups is 1. The molecule has 0 unspecified atom stereocenters. The molecule has 1 saturated heterocycles. The molecule has 33 heavy (non-hydrogen) atoms. The fraction of sp³-hybridized carbons (Fsp3) is 0.304. The summed E-state index contributed by atoms with van der Waals surface area (Å²) in [6, 6.07) is 12.3. The molecule has 2 aliphatic heterocycles. The molecule has 0 aromatic heterocycles. The van der Waals surface area contributed by atoms with Crippen molar-refractivity contribution in [3.63, 3.8) is 0 Å². The third kappa shape index (κ3) is 5.46. The Bertz CT molecular complexity index is 1090. The molecular formula is C23H24N4O5S. The van der Waals surface area contributed by atoms with E-state index < -0.39 is 5.25 Å². The van der Waals surface area contributed by atoms with E-state index in [0.29, 0.717) is 29.5 Å². The van der Waals surface area contributed by atoms with Crippen molar-refractivity contribution in [1.29, 1.82) is 0 Å². The number of fused-ring (bicyclic) bond motifs is 1. The van der Waals surface area contributed by atoms with Crippen molar-refractivity contribution in [2.24, 2.45) is 15.9 Å². The van der Waals surface area contributed by atoms with Crippen molar-refractivity contribution in [2.45, 2.75) is 31.4 Å². The number of ether oxygens (including phenoxy) is 3. The van der Waals surface area contributed by atoms with E-state index in [0.717, 1.165) is 30.2 Å². The van der Waals surface area contributed by atoms with Crippen LogP contribution in [0.3, 0.4) is 0 Å². The number of imide groups is 1. The van der Waals surface area contributed by atoms with E-state index in [1.807, 2.05) is 6.07 Å². The zero-order chi connectivity index (χ0) is 23.2. The molecule has 0 saturated carbocycles. The highest BCUT2D eigenvalue weighted by atomic mass is 32.2. The van der Waals surface area contributed by atoms with E-state index in [4.69, 9.17) is 19.9 Å². The molecule has 9 nitrogen and oxygen atoms in total. The molecule has 10 heteroatoms. The lowest BCUT2D eigenvalue weighted by Gasteiger charge is -2.15. The zero-order valence-corrected chi connectivity index (χ0v) is 18.9. The van der Waals surface area contributed by atoms with Crippen LogP contribution < -0.4 is 24.8 Å². The summed E-state index contributed by atoms with van der Waals surface area (Å²) in [4.78, 5) is 26.5. The molecule has 2 amide bonds. The number of nitrogens with zero attached hydrogens (tertiary/aromatic N) is 3. The van der Waals surface area contributed by atoms with Crippen LogP contribution in [-0.2, 0) is 9.59 Å². The highest BCUT2D eigenvalue weighted by molar-refractivity contribution is 8.14. The Hall–Kier alpha value is -3.53. The SMILES string of the molecule is CCCCOc1ccc(N2C(=O)C[C@H](S/C(N)=N\N=C/c3ccc4c(c3)OCO4)C2=O)cc1. The maximum Gasteiger partial charge on any atom is 0.247 e. The normalized spacial score (nSPS) is 17.9. The summed E-state index contributed by atoms with van der Waals surface area (Å²) in [5, 5.41) is 7.35. The molecule has 172 valence electrons. The second-order valence-electron chi connectivity index (χ2n) is 7.37. The maximum atomic E-state index is 12.8. The van der Waals surface area contributed by atoms with Crippen molar-refractivity contribution >= 4 is 40.6 Å². The minimum atomic E-state index is -0.650. The van der Waals surface area contributed by atoms with Gasteiger partial charge in [0, 0.05) is 6.42 Å². The Labute approximate surface area is 195 Å². The van der Waals surface area contributed by atoms with Gasteiger partial charge in [-0.05, 0) is 54.4 Å². The van der Waals surface area contributed by atoms with E-state index in [9.17, 15) is 9.59 Å². The van der Waals surface area contributed by atoms with E-state index in [2.05, 4.69) is 17.1 Å². The molecule has 1 atom stereocenters. The molecule has 2 heterocycles. The van der Waals surface area contributed by atoms with E-state index in [1.54, 1.807) is 36.4 Å². The largest absolute Gasteiger partial charge is 0.494 e. The van der Waals surface area contributed by atoms with Gasteiger partial charge in [0.25, 0.3) is 0 Å². The Kier molecular flexibility index (Phi) is 7.13. The third-order valence-corrected chi connectivity index (χ3v) is 5.97. The fourth-order valence-corrected chi connectivity index (χ4v) is 4.13. The maximum absolute atomic E-state index is 12.8.